The van der Waals surface area contributed by atoms with Crippen molar-refractivity contribution >= 4 is 17.7 Å². The van der Waals surface area contributed by atoms with Crippen LogP contribution in [0.4, 0.5) is 0 Å². The van der Waals surface area contributed by atoms with E-state index in [9.17, 15) is 19.2 Å². The number of carbonyl (C=O) groups is 3. The van der Waals surface area contributed by atoms with E-state index in [2.05, 4.69) is 10.6 Å². The molecule has 2 aliphatic heterocycles. The average molecular weight is 575 g/mol. The third kappa shape index (κ3) is 6.25. The van der Waals surface area contributed by atoms with Crippen molar-refractivity contribution in [2.24, 2.45) is 0 Å². The number of amides is 3. The fourth-order valence-electron chi connectivity index (χ4n) is 5.74. The molecule has 0 spiro atoms. The second kappa shape index (κ2) is 13.1. The van der Waals surface area contributed by atoms with Crippen LogP contribution in [0.5, 0.6) is 5.75 Å². The Labute approximate surface area is 245 Å². The molecule has 3 heterocycles. The van der Waals surface area contributed by atoms with Gasteiger partial charge in [0.05, 0.1) is 18.3 Å². The van der Waals surface area contributed by atoms with E-state index in [1.165, 1.54) is 0 Å². The molecular weight excluding hydrogens is 536 g/mol. The van der Waals surface area contributed by atoms with Crippen LogP contribution in [0.3, 0.4) is 0 Å². The van der Waals surface area contributed by atoms with Crippen molar-refractivity contribution in [1.82, 2.24) is 29.6 Å². The van der Waals surface area contributed by atoms with Crippen molar-refractivity contribution in [3.8, 4) is 17.0 Å². The van der Waals surface area contributed by atoms with Crippen LogP contribution < -0.4 is 21.1 Å². The van der Waals surface area contributed by atoms with Crippen LogP contribution in [0, 0.1) is 0 Å². The van der Waals surface area contributed by atoms with E-state index < -0.39 is 0 Å². The molecule has 2 saturated heterocycles. The van der Waals surface area contributed by atoms with Crippen LogP contribution in [-0.2, 0) is 16.1 Å². The maximum absolute atomic E-state index is 14.4. The summed E-state index contributed by atoms with van der Waals surface area (Å²) in [6.07, 6.45) is 1.49. The summed E-state index contributed by atoms with van der Waals surface area (Å²) in [4.78, 5) is 56.3. The van der Waals surface area contributed by atoms with E-state index >= 15 is 0 Å². The molecule has 2 aromatic carbocycles. The Morgan fingerprint density at radius 2 is 1.76 bits per heavy atom. The van der Waals surface area contributed by atoms with E-state index in [1.54, 1.807) is 51.1 Å². The standard InChI is InChI=1S/C31H38N6O5/c1-22(38)35-15-7-11-25(20-35)37-28(24-9-4-3-5-10-24)29(30(40)34-16-13-33-14-17-34)36(31(37)41)19-23-8-6-12-26(18-23)42-21-27(39)32-2/h3-6,8-10,12,18,25,33H,7,11,13-17,19-21H2,1-2H3,(H,32,39). The lowest BCUT2D eigenvalue weighted by Crippen LogP contribution is -2.47. The van der Waals surface area contributed by atoms with Crippen molar-refractivity contribution in [1.29, 1.82) is 0 Å². The smallest absolute Gasteiger partial charge is 0.329 e. The Bertz CT molecular complexity index is 1490. The van der Waals surface area contributed by atoms with E-state index in [0.717, 1.165) is 24.0 Å². The normalized spacial score (nSPS) is 17.1. The average Bonchev–Trinajstić information content (AvgIpc) is 3.31. The zero-order valence-electron chi connectivity index (χ0n) is 24.2. The first kappa shape index (κ1) is 29.1. The maximum Gasteiger partial charge on any atom is 0.329 e. The summed E-state index contributed by atoms with van der Waals surface area (Å²) in [5.74, 6) is 0.0139. The first-order chi connectivity index (χ1) is 20.4. The zero-order valence-corrected chi connectivity index (χ0v) is 24.2. The first-order valence-electron chi connectivity index (χ1n) is 14.5. The highest BCUT2D eigenvalue weighted by Crippen LogP contribution is 2.31. The Balaban J connectivity index is 1.64. The summed E-state index contributed by atoms with van der Waals surface area (Å²) in [6, 6.07) is 16.5. The Kier molecular flexibility index (Phi) is 9.06. The van der Waals surface area contributed by atoms with Crippen molar-refractivity contribution in [2.45, 2.75) is 32.4 Å². The minimum Gasteiger partial charge on any atom is -0.484 e. The van der Waals surface area contributed by atoms with Gasteiger partial charge in [0.15, 0.2) is 6.61 Å². The van der Waals surface area contributed by atoms with Crippen LogP contribution in [0.1, 0.15) is 41.9 Å². The number of likely N-dealkylation sites (N-methyl/N-ethyl adjacent to an activating group) is 1. The van der Waals surface area contributed by atoms with Crippen LogP contribution in [0.2, 0.25) is 0 Å². The van der Waals surface area contributed by atoms with Crippen molar-refractivity contribution < 1.29 is 19.1 Å². The van der Waals surface area contributed by atoms with E-state index in [-0.39, 0.29) is 42.6 Å². The highest BCUT2D eigenvalue weighted by atomic mass is 16.5. The van der Waals surface area contributed by atoms with Gasteiger partial charge in [-0.05, 0) is 30.5 Å². The van der Waals surface area contributed by atoms with Crippen LogP contribution in [0.15, 0.2) is 59.4 Å². The number of carbonyl (C=O) groups excluding carboxylic acids is 3. The molecule has 0 radical (unpaired) electrons. The predicted octanol–water partition coefficient (Wildman–Crippen LogP) is 1.72. The molecule has 2 aliphatic rings. The summed E-state index contributed by atoms with van der Waals surface area (Å²) in [5.41, 5.74) is 2.15. The third-order valence-electron chi connectivity index (χ3n) is 7.92. The van der Waals surface area contributed by atoms with Crippen LogP contribution in [0.25, 0.3) is 11.3 Å². The van der Waals surface area contributed by atoms with Gasteiger partial charge in [0.2, 0.25) is 5.91 Å². The van der Waals surface area contributed by atoms with Gasteiger partial charge in [-0.1, -0.05) is 42.5 Å². The number of piperazine rings is 1. The molecule has 0 saturated carbocycles. The number of ether oxygens (including phenoxy) is 1. The van der Waals surface area contributed by atoms with Gasteiger partial charge in [-0.15, -0.1) is 0 Å². The van der Waals surface area contributed by atoms with Crippen molar-refractivity contribution in [3.63, 3.8) is 0 Å². The topological polar surface area (TPSA) is 118 Å². The van der Waals surface area contributed by atoms with Gasteiger partial charge < -0.3 is 25.2 Å². The number of aromatic nitrogens is 2. The van der Waals surface area contributed by atoms with Gasteiger partial charge >= 0.3 is 5.69 Å². The van der Waals surface area contributed by atoms with Gasteiger partial charge in [-0.3, -0.25) is 23.5 Å². The van der Waals surface area contributed by atoms with E-state index in [1.807, 2.05) is 36.4 Å². The van der Waals surface area contributed by atoms with Crippen LogP contribution >= 0.6 is 0 Å². The summed E-state index contributed by atoms with van der Waals surface area (Å²) in [6.45, 7) is 5.05. The summed E-state index contributed by atoms with van der Waals surface area (Å²) < 4.78 is 8.95. The summed E-state index contributed by atoms with van der Waals surface area (Å²) in [5, 5.41) is 5.82. The summed E-state index contributed by atoms with van der Waals surface area (Å²) >= 11 is 0. The molecule has 0 bridgehead atoms. The zero-order chi connectivity index (χ0) is 29.6. The first-order valence-corrected chi connectivity index (χ1v) is 14.5. The summed E-state index contributed by atoms with van der Waals surface area (Å²) in [7, 11) is 1.54. The number of hydrogen-bond donors (Lipinski definition) is 2. The molecular formula is C31H38N6O5. The highest BCUT2D eigenvalue weighted by molar-refractivity contribution is 5.99. The third-order valence-corrected chi connectivity index (χ3v) is 7.92. The molecule has 3 amide bonds. The lowest BCUT2D eigenvalue weighted by Gasteiger charge is -2.33. The quantitative estimate of drug-likeness (QED) is 0.423. The monoisotopic (exact) mass is 574 g/mol. The Morgan fingerprint density at radius 3 is 2.48 bits per heavy atom. The predicted molar refractivity (Wildman–Crippen MR) is 159 cm³/mol. The van der Waals surface area contributed by atoms with Gasteiger partial charge in [-0.2, -0.15) is 0 Å². The fourth-order valence-corrected chi connectivity index (χ4v) is 5.74. The number of rotatable bonds is 8. The SMILES string of the molecule is CNC(=O)COc1cccc(Cn2c(C(=O)N3CCNCC3)c(-c3ccccc3)n(C3CCCN(C(C)=O)C3)c2=O)c1. The molecule has 1 atom stereocenters. The minimum atomic E-state index is -0.292. The molecule has 2 fully saturated rings. The second-order valence-corrected chi connectivity index (χ2v) is 10.7. The Hall–Kier alpha value is -4.38. The van der Waals surface area contributed by atoms with Gasteiger partial charge in [0.25, 0.3) is 11.8 Å². The lowest BCUT2D eigenvalue weighted by molar-refractivity contribution is -0.130. The number of hydrogen-bond acceptors (Lipinski definition) is 6. The number of piperidine rings is 1. The number of benzene rings is 2. The highest BCUT2D eigenvalue weighted by Gasteiger charge is 2.34. The second-order valence-electron chi connectivity index (χ2n) is 10.7. The molecule has 11 nitrogen and oxygen atoms in total. The number of imidazole rings is 1. The number of nitrogens with zero attached hydrogens (tertiary/aromatic N) is 4. The van der Waals surface area contributed by atoms with Gasteiger partial charge in [-0.25, -0.2) is 4.79 Å². The maximum atomic E-state index is 14.4. The molecule has 11 heteroatoms. The number of nitrogens with one attached hydrogen (secondary N) is 2. The molecule has 1 aromatic heterocycles. The van der Waals surface area contributed by atoms with Crippen molar-refractivity contribution in [3.05, 3.63) is 76.3 Å². The number of likely N-dealkylation sites (tertiary alicyclic amines) is 1. The minimum absolute atomic E-state index is 0.0286. The molecule has 2 N–H and O–H groups in total. The van der Waals surface area contributed by atoms with Crippen molar-refractivity contribution in [2.75, 3.05) is 52.9 Å². The lowest BCUT2D eigenvalue weighted by atomic mass is 10.0. The molecule has 1 unspecified atom stereocenters. The van der Waals surface area contributed by atoms with Crippen LogP contribution in [-0.4, -0.2) is 89.6 Å². The fraction of sp³-hybridized carbons (Fsp3) is 0.419. The Morgan fingerprint density at radius 1 is 1.00 bits per heavy atom. The molecule has 42 heavy (non-hydrogen) atoms. The van der Waals surface area contributed by atoms with E-state index in [4.69, 9.17) is 4.74 Å². The largest absolute Gasteiger partial charge is 0.484 e. The van der Waals surface area contributed by atoms with Gasteiger partial charge in [0, 0.05) is 58.8 Å². The van der Waals surface area contributed by atoms with Gasteiger partial charge in [0.1, 0.15) is 11.4 Å². The molecule has 0 aliphatic carbocycles. The van der Waals surface area contributed by atoms with E-state index in [0.29, 0.717) is 56.4 Å². The molecule has 3 aromatic rings. The molecule has 222 valence electrons. The molecule has 5 rings (SSSR count).